The summed E-state index contributed by atoms with van der Waals surface area (Å²) >= 11 is 0. The Labute approximate surface area is 137 Å². The summed E-state index contributed by atoms with van der Waals surface area (Å²) in [5.41, 5.74) is 2.18. The number of carbonyl (C=O) groups is 2. The molecule has 1 fully saturated rings. The van der Waals surface area contributed by atoms with Crippen LogP contribution in [0.4, 0.5) is 0 Å². The van der Waals surface area contributed by atoms with Crippen LogP contribution in [0.25, 0.3) is 0 Å². The number of rotatable bonds is 6. The average molecular weight is 319 g/mol. The van der Waals surface area contributed by atoms with Crippen molar-refractivity contribution >= 4 is 11.9 Å². The van der Waals surface area contributed by atoms with Crippen LogP contribution in [0.3, 0.4) is 0 Å². The molecule has 0 aromatic heterocycles. The van der Waals surface area contributed by atoms with E-state index in [9.17, 15) is 9.59 Å². The van der Waals surface area contributed by atoms with Crippen molar-refractivity contribution in [3.05, 3.63) is 35.4 Å². The fraction of sp³-hybridized carbons (Fsp3) is 0.556. The maximum absolute atomic E-state index is 12.2. The van der Waals surface area contributed by atoms with Gasteiger partial charge >= 0.3 is 11.9 Å². The highest BCUT2D eigenvalue weighted by atomic mass is 16.5. The molecule has 0 spiro atoms. The van der Waals surface area contributed by atoms with Crippen LogP contribution in [-0.2, 0) is 20.7 Å². The number of hydrogen-bond donors (Lipinski definition) is 2. The van der Waals surface area contributed by atoms with Crippen LogP contribution >= 0.6 is 0 Å². The first-order valence-corrected chi connectivity index (χ1v) is 8.12. The van der Waals surface area contributed by atoms with Crippen molar-refractivity contribution in [1.82, 2.24) is 5.32 Å². The summed E-state index contributed by atoms with van der Waals surface area (Å²) in [6, 6.07) is 7.42. The van der Waals surface area contributed by atoms with Gasteiger partial charge in [0.15, 0.2) is 0 Å². The van der Waals surface area contributed by atoms with Crippen molar-refractivity contribution in [2.24, 2.45) is 5.92 Å². The molecule has 5 nitrogen and oxygen atoms in total. The van der Waals surface area contributed by atoms with Crippen molar-refractivity contribution < 1.29 is 19.4 Å². The molecule has 0 amide bonds. The lowest BCUT2D eigenvalue weighted by Crippen LogP contribution is -2.30. The Hall–Kier alpha value is -1.88. The molecule has 3 atom stereocenters. The monoisotopic (exact) mass is 319 g/mol. The van der Waals surface area contributed by atoms with Gasteiger partial charge in [0, 0.05) is 13.0 Å². The molecule has 0 bridgehead atoms. The minimum absolute atomic E-state index is 0.306. The van der Waals surface area contributed by atoms with Crippen LogP contribution < -0.4 is 5.32 Å². The molecule has 23 heavy (non-hydrogen) atoms. The lowest BCUT2D eigenvalue weighted by Gasteiger charge is -2.16. The molecule has 0 aliphatic carbocycles. The van der Waals surface area contributed by atoms with Crippen LogP contribution in [-0.4, -0.2) is 35.7 Å². The SMILES string of the molecule is CC(C)Cc1ccc(C(C)C(=O)O[C@@H]2CN[C@H](C(=O)O)C2)cc1. The molecule has 0 saturated carbocycles. The summed E-state index contributed by atoms with van der Waals surface area (Å²) in [5.74, 6) is -0.968. The molecule has 1 aromatic carbocycles. The van der Waals surface area contributed by atoms with Crippen LogP contribution in [0.1, 0.15) is 44.2 Å². The van der Waals surface area contributed by atoms with E-state index < -0.39 is 12.0 Å². The van der Waals surface area contributed by atoms with Gasteiger partial charge < -0.3 is 15.2 Å². The fourth-order valence-electron chi connectivity index (χ4n) is 2.80. The van der Waals surface area contributed by atoms with Crippen LogP contribution in [0.2, 0.25) is 0 Å². The zero-order valence-electron chi connectivity index (χ0n) is 13.9. The number of carboxylic acid groups (broad SMARTS) is 1. The third-order valence-corrected chi connectivity index (χ3v) is 4.15. The highest BCUT2D eigenvalue weighted by Crippen LogP contribution is 2.21. The topological polar surface area (TPSA) is 75.6 Å². The predicted octanol–water partition coefficient (Wildman–Crippen LogP) is 2.35. The van der Waals surface area contributed by atoms with Gasteiger partial charge in [-0.3, -0.25) is 9.59 Å². The lowest BCUT2D eigenvalue weighted by atomic mass is 9.97. The second kappa shape index (κ2) is 7.59. The van der Waals surface area contributed by atoms with Gasteiger partial charge in [-0.2, -0.15) is 0 Å². The standard InChI is InChI=1S/C18H25NO4/c1-11(2)8-13-4-6-14(7-5-13)12(3)18(22)23-15-9-16(17(20)21)19-10-15/h4-7,11-12,15-16,19H,8-10H2,1-3H3,(H,20,21)/t12?,15-,16-/m0/s1. The molecule has 2 N–H and O–H groups in total. The number of hydrogen-bond acceptors (Lipinski definition) is 4. The van der Waals surface area contributed by atoms with Gasteiger partial charge in [0.25, 0.3) is 0 Å². The highest BCUT2D eigenvalue weighted by Gasteiger charge is 2.32. The van der Waals surface area contributed by atoms with Gasteiger partial charge in [-0.25, -0.2) is 0 Å². The number of aliphatic carboxylic acids is 1. The number of nitrogens with one attached hydrogen (secondary N) is 1. The molecule has 1 aliphatic heterocycles. The Morgan fingerprint density at radius 2 is 1.91 bits per heavy atom. The number of esters is 1. The summed E-state index contributed by atoms with van der Waals surface area (Å²) in [6.45, 7) is 6.56. The Balaban J connectivity index is 1.91. The first kappa shape index (κ1) is 17.5. The Bertz CT molecular complexity index is 553. The quantitative estimate of drug-likeness (QED) is 0.787. The third-order valence-electron chi connectivity index (χ3n) is 4.15. The molecule has 1 aromatic rings. The minimum Gasteiger partial charge on any atom is -0.480 e. The van der Waals surface area contributed by atoms with Crippen molar-refractivity contribution in [3.63, 3.8) is 0 Å². The Kier molecular flexibility index (Phi) is 5.77. The Morgan fingerprint density at radius 3 is 2.43 bits per heavy atom. The number of carbonyl (C=O) groups excluding carboxylic acids is 1. The number of ether oxygens (including phenoxy) is 1. The first-order chi connectivity index (χ1) is 10.9. The molecule has 126 valence electrons. The molecular formula is C18H25NO4. The van der Waals surface area contributed by atoms with Gasteiger partial charge in [-0.05, 0) is 30.4 Å². The van der Waals surface area contributed by atoms with Gasteiger partial charge in [-0.15, -0.1) is 0 Å². The largest absolute Gasteiger partial charge is 0.480 e. The van der Waals surface area contributed by atoms with Gasteiger partial charge in [0.2, 0.25) is 0 Å². The van der Waals surface area contributed by atoms with Crippen molar-refractivity contribution in [3.8, 4) is 0 Å². The fourth-order valence-corrected chi connectivity index (χ4v) is 2.80. The second-order valence-corrected chi connectivity index (χ2v) is 6.65. The predicted molar refractivity (Wildman–Crippen MR) is 87.3 cm³/mol. The highest BCUT2D eigenvalue weighted by molar-refractivity contribution is 5.78. The molecule has 1 unspecified atom stereocenters. The molecule has 2 rings (SSSR count). The van der Waals surface area contributed by atoms with E-state index in [-0.39, 0.29) is 18.0 Å². The number of benzene rings is 1. The summed E-state index contributed by atoms with van der Waals surface area (Å²) in [6.07, 6.45) is 0.969. The first-order valence-electron chi connectivity index (χ1n) is 8.12. The van der Waals surface area contributed by atoms with Crippen LogP contribution in [0.15, 0.2) is 24.3 Å². The van der Waals surface area contributed by atoms with Crippen LogP contribution in [0, 0.1) is 5.92 Å². The minimum atomic E-state index is -0.905. The van der Waals surface area contributed by atoms with Gasteiger partial charge in [-0.1, -0.05) is 38.1 Å². The summed E-state index contributed by atoms with van der Waals surface area (Å²) in [4.78, 5) is 23.1. The second-order valence-electron chi connectivity index (χ2n) is 6.65. The van der Waals surface area contributed by atoms with Gasteiger partial charge in [0.1, 0.15) is 12.1 Å². The lowest BCUT2D eigenvalue weighted by molar-refractivity contribution is -0.150. The van der Waals surface area contributed by atoms with Crippen molar-refractivity contribution in [2.75, 3.05) is 6.54 Å². The van der Waals surface area contributed by atoms with E-state index in [0.29, 0.717) is 18.9 Å². The molecule has 0 radical (unpaired) electrons. The van der Waals surface area contributed by atoms with E-state index in [1.807, 2.05) is 19.1 Å². The molecule has 1 saturated heterocycles. The summed E-state index contributed by atoms with van der Waals surface area (Å²) in [5, 5.41) is 11.8. The average Bonchev–Trinajstić information content (AvgIpc) is 2.95. The van der Waals surface area contributed by atoms with E-state index in [4.69, 9.17) is 9.84 Å². The van der Waals surface area contributed by atoms with E-state index >= 15 is 0 Å². The molecule has 1 heterocycles. The van der Waals surface area contributed by atoms with E-state index in [1.165, 1.54) is 5.56 Å². The summed E-state index contributed by atoms with van der Waals surface area (Å²) in [7, 11) is 0. The van der Waals surface area contributed by atoms with Crippen molar-refractivity contribution in [1.29, 1.82) is 0 Å². The smallest absolute Gasteiger partial charge is 0.320 e. The zero-order valence-corrected chi connectivity index (χ0v) is 13.9. The molecule has 5 heteroatoms. The number of carboxylic acids is 1. The maximum Gasteiger partial charge on any atom is 0.320 e. The van der Waals surface area contributed by atoms with E-state index in [1.54, 1.807) is 0 Å². The molecular weight excluding hydrogens is 294 g/mol. The Morgan fingerprint density at radius 1 is 1.26 bits per heavy atom. The van der Waals surface area contributed by atoms with E-state index in [0.717, 1.165) is 12.0 Å². The normalized spacial score (nSPS) is 22.1. The van der Waals surface area contributed by atoms with Crippen molar-refractivity contribution in [2.45, 2.75) is 51.7 Å². The van der Waals surface area contributed by atoms with Crippen LogP contribution in [0.5, 0.6) is 0 Å². The molecule has 1 aliphatic rings. The third kappa shape index (κ3) is 4.79. The summed E-state index contributed by atoms with van der Waals surface area (Å²) < 4.78 is 5.44. The maximum atomic E-state index is 12.2. The zero-order chi connectivity index (χ0) is 17.0. The van der Waals surface area contributed by atoms with Gasteiger partial charge in [0.05, 0.1) is 5.92 Å². The van der Waals surface area contributed by atoms with E-state index in [2.05, 4.69) is 31.3 Å².